The lowest BCUT2D eigenvalue weighted by atomic mass is 10.1. The highest BCUT2D eigenvalue weighted by Crippen LogP contribution is 2.24. The van der Waals surface area contributed by atoms with E-state index in [9.17, 15) is 4.79 Å². The second-order valence-electron chi connectivity index (χ2n) is 8.94. The van der Waals surface area contributed by atoms with Gasteiger partial charge in [0.15, 0.2) is 0 Å². The molecule has 38 heavy (non-hydrogen) atoms. The molecule has 6 aromatic rings. The molecule has 9 nitrogen and oxygen atoms in total. The van der Waals surface area contributed by atoms with Crippen LogP contribution in [0.2, 0.25) is 0 Å². The van der Waals surface area contributed by atoms with Gasteiger partial charge in [-0.05, 0) is 40.8 Å². The number of benzene rings is 3. The first-order valence-electron chi connectivity index (χ1n) is 12.1. The summed E-state index contributed by atoms with van der Waals surface area (Å²) < 4.78 is 18.0. The Morgan fingerprint density at radius 2 is 1.47 bits per heavy atom. The van der Waals surface area contributed by atoms with Crippen molar-refractivity contribution >= 4 is 10.9 Å². The number of hydrogen-bond donors (Lipinski definition) is 0. The number of nitrogens with zero attached hydrogens (tertiary/aromatic N) is 5. The number of aryl methyl sites for hydroxylation is 2. The van der Waals surface area contributed by atoms with Gasteiger partial charge in [-0.25, -0.2) is 0 Å². The molecule has 0 atom stereocenters. The minimum absolute atomic E-state index is 0.0874. The molecule has 9 heteroatoms. The maximum atomic E-state index is 12.9. The van der Waals surface area contributed by atoms with Gasteiger partial charge in [-0.2, -0.15) is 9.97 Å². The van der Waals surface area contributed by atoms with Crippen molar-refractivity contribution in [3.05, 3.63) is 112 Å². The molecule has 3 aromatic heterocycles. The molecule has 0 amide bonds. The topological polar surface area (TPSA) is 109 Å². The van der Waals surface area contributed by atoms with E-state index in [1.54, 1.807) is 24.5 Å². The van der Waals surface area contributed by atoms with Crippen LogP contribution in [0.5, 0.6) is 5.75 Å². The van der Waals surface area contributed by atoms with Gasteiger partial charge >= 0.3 is 0 Å². The van der Waals surface area contributed by atoms with Crippen LogP contribution < -0.4 is 10.3 Å². The average Bonchev–Trinajstić information content (AvgIpc) is 3.58. The molecule has 188 valence electrons. The van der Waals surface area contributed by atoms with Crippen molar-refractivity contribution in [3.8, 4) is 28.5 Å². The van der Waals surface area contributed by atoms with Crippen LogP contribution in [0.1, 0.15) is 22.9 Å². The van der Waals surface area contributed by atoms with Crippen molar-refractivity contribution in [1.82, 2.24) is 24.8 Å². The molecule has 3 aromatic carbocycles. The summed E-state index contributed by atoms with van der Waals surface area (Å²) in [6.45, 7) is 4.28. The molecule has 0 saturated carbocycles. The Hall–Kier alpha value is -5.05. The summed E-state index contributed by atoms with van der Waals surface area (Å²) in [5, 5.41) is 8.89. The van der Waals surface area contributed by atoms with Crippen LogP contribution in [0.3, 0.4) is 0 Å². The number of rotatable bonds is 7. The average molecular weight is 506 g/mol. The molecule has 0 aliphatic heterocycles. The normalized spacial score (nSPS) is 11.2. The van der Waals surface area contributed by atoms with Crippen molar-refractivity contribution < 1.29 is 13.8 Å². The van der Waals surface area contributed by atoms with E-state index < -0.39 is 0 Å². The van der Waals surface area contributed by atoms with Gasteiger partial charge in [0.25, 0.3) is 5.56 Å². The summed E-state index contributed by atoms with van der Waals surface area (Å²) in [4.78, 5) is 21.4. The number of hydrogen-bond acceptors (Lipinski definition) is 8. The monoisotopic (exact) mass is 505 g/mol. The lowest BCUT2D eigenvalue weighted by Gasteiger charge is -2.13. The molecule has 0 aliphatic rings. The summed E-state index contributed by atoms with van der Waals surface area (Å²) in [5.74, 6) is 2.78. The Morgan fingerprint density at radius 1 is 0.763 bits per heavy atom. The van der Waals surface area contributed by atoms with E-state index in [2.05, 4.69) is 20.3 Å². The summed E-state index contributed by atoms with van der Waals surface area (Å²) in [5.41, 5.74) is 4.36. The van der Waals surface area contributed by atoms with E-state index in [4.69, 9.17) is 13.8 Å². The summed E-state index contributed by atoms with van der Waals surface area (Å²) >= 11 is 0. The van der Waals surface area contributed by atoms with Crippen molar-refractivity contribution in [3.63, 3.8) is 0 Å². The highest BCUT2D eigenvalue weighted by molar-refractivity contribution is 5.80. The molecule has 0 saturated heterocycles. The van der Waals surface area contributed by atoms with E-state index in [1.807, 2.05) is 72.8 Å². The van der Waals surface area contributed by atoms with Crippen LogP contribution in [-0.4, -0.2) is 24.8 Å². The molecule has 0 radical (unpaired) electrons. The quantitative estimate of drug-likeness (QED) is 0.286. The SMILES string of the molecule is Cc1nc(-c2ccc(Cn3c(=O)ccc4ccc(OCc5cccc(-c6noc(C)n6)c5)cc43)cc2)no1. The lowest BCUT2D eigenvalue weighted by Crippen LogP contribution is -2.20. The molecular formula is C29H23N5O4. The Kier molecular flexibility index (Phi) is 6.01. The predicted octanol–water partition coefficient (Wildman–Crippen LogP) is 5.35. The highest BCUT2D eigenvalue weighted by Gasteiger charge is 2.10. The summed E-state index contributed by atoms with van der Waals surface area (Å²) in [6, 6.07) is 24.8. The Labute approximate surface area is 217 Å². The van der Waals surface area contributed by atoms with E-state index in [0.29, 0.717) is 42.3 Å². The van der Waals surface area contributed by atoms with E-state index in [1.165, 1.54) is 0 Å². The van der Waals surface area contributed by atoms with E-state index >= 15 is 0 Å². The number of ether oxygens (including phenoxy) is 1. The first-order chi connectivity index (χ1) is 18.5. The third-order valence-corrected chi connectivity index (χ3v) is 6.16. The van der Waals surface area contributed by atoms with Crippen LogP contribution in [0.4, 0.5) is 0 Å². The smallest absolute Gasteiger partial charge is 0.251 e. The van der Waals surface area contributed by atoms with E-state index in [-0.39, 0.29) is 5.56 Å². The zero-order valence-electron chi connectivity index (χ0n) is 20.8. The predicted molar refractivity (Wildman–Crippen MR) is 141 cm³/mol. The molecule has 0 N–H and O–H groups in total. The summed E-state index contributed by atoms with van der Waals surface area (Å²) in [6.07, 6.45) is 0. The van der Waals surface area contributed by atoms with Gasteiger partial charge in [-0.15, -0.1) is 0 Å². The van der Waals surface area contributed by atoms with Gasteiger partial charge < -0.3 is 18.4 Å². The van der Waals surface area contributed by atoms with Crippen molar-refractivity contribution in [2.24, 2.45) is 0 Å². The van der Waals surface area contributed by atoms with Gasteiger partial charge in [0.1, 0.15) is 12.4 Å². The zero-order chi connectivity index (χ0) is 26.1. The van der Waals surface area contributed by atoms with Gasteiger partial charge in [0.2, 0.25) is 23.4 Å². The molecule has 0 aliphatic carbocycles. The Morgan fingerprint density at radius 3 is 2.18 bits per heavy atom. The largest absolute Gasteiger partial charge is 0.489 e. The first-order valence-corrected chi connectivity index (χ1v) is 12.1. The Balaban J connectivity index is 1.23. The molecule has 0 unspecified atom stereocenters. The maximum absolute atomic E-state index is 12.9. The van der Waals surface area contributed by atoms with Gasteiger partial charge in [0.05, 0.1) is 12.1 Å². The Bertz CT molecular complexity index is 1800. The molecule has 0 bridgehead atoms. The number of aromatic nitrogens is 5. The zero-order valence-corrected chi connectivity index (χ0v) is 20.8. The van der Waals surface area contributed by atoms with Gasteiger partial charge in [0, 0.05) is 37.1 Å². The highest BCUT2D eigenvalue weighted by atomic mass is 16.5. The summed E-state index contributed by atoms with van der Waals surface area (Å²) in [7, 11) is 0. The fraction of sp³-hybridized carbons (Fsp3) is 0.138. The minimum atomic E-state index is -0.0874. The standard InChI is InChI=1S/C29H23N5O4/c1-18-30-28(32-37-18)23-8-6-20(7-9-23)16-34-26-15-25(12-10-22(26)11-13-27(34)35)36-17-21-4-3-5-24(14-21)29-31-19(2)38-33-29/h3-15H,16-17H2,1-2H3. The first kappa shape index (κ1) is 23.4. The minimum Gasteiger partial charge on any atom is -0.489 e. The molecule has 0 fully saturated rings. The van der Waals surface area contributed by atoms with Crippen molar-refractivity contribution in [2.45, 2.75) is 27.0 Å². The van der Waals surface area contributed by atoms with E-state index in [0.717, 1.165) is 33.2 Å². The molecule has 3 heterocycles. The van der Waals surface area contributed by atoms with Crippen molar-refractivity contribution in [1.29, 1.82) is 0 Å². The number of pyridine rings is 1. The fourth-order valence-corrected chi connectivity index (χ4v) is 4.26. The van der Waals surface area contributed by atoms with Gasteiger partial charge in [-0.1, -0.05) is 52.8 Å². The van der Waals surface area contributed by atoms with Crippen LogP contribution >= 0.6 is 0 Å². The fourth-order valence-electron chi connectivity index (χ4n) is 4.26. The third kappa shape index (κ3) is 4.81. The van der Waals surface area contributed by atoms with Crippen LogP contribution in [0.25, 0.3) is 33.7 Å². The van der Waals surface area contributed by atoms with Crippen LogP contribution in [0, 0.1) is 13.8 Å². The van der Waals surface area contributed by atoms with Crippen LogP contribution in [-0.2, 0) is 13.2 Å². The number of fused-ring (bicyclic) bond motifs is 1. The van der Waals surface area contributed by atoms with Crippen LogP contribution in [0.15, 0.2) is 92.7 Å². The second kappa shape index (κ2) is 9.78. The molecule has 6 rings (SSSR count). The molecule has 0 spiro atoms. The third-order valence-electron chi connectivity index (χ3n) is 6.16. The van der Waals surface area contributed by atoms with Gasteiger partial charge in [-0.3, -0.25) is 4.79 Å². The maximum Gasteiger partial charge on any atom is 0.251 e. The second-order valence-corrected chi connectivity index (χ2v) is 8.94. The van der Waals surface area contributed by atoms with Crippen molar-refractivity contribution in [2.75, 3.05) is 0 Å². The molecular weight excluding hydrogens is 482 g/mol. The lowest BCUT2D eigenvalue weighted by molar-refractivity contribution is 0.306.